The Morgan fingerprint density at radius 3 is 1.32 bits per heavy atom. The average molecular weight is 339 g/mol. The molecule has 3 rings (SSSR count). The normalized spacial score (nSPS) is 13.0. The summed E-state index contributed by atoms with van der Waals surface area (Å²) in [5.41, 5.74) is 9.00. The molecule has 2 aromatic carbocycles. The maximum Gasteiger partial charge on any atom is 0.0159 e. The number of aryl methyl sites for hydroxylation is 2. The third kappa shape index (κ3) is 4.35. The Balaban J connectivity index is 0.000000730. The van der Waals surface area contributed by atoms with Crippen molar-refractivity contribution in [3.8, 4) is 11.1 Å². The summed E-state index contributed by atoms with van der Waals surface area (Å²) in [5, 5.41) is 0. The lowest BCUT2D eigenvalue weighted by Gasteiger charge is -2.22. The Labute approximate surface area is 156 Å². The van der Waals surface area contributed by atoms with Gasteiger partial charge in [-0.15, -0.1) is 0 Å². The van der Waals surface area contributed by atoms with Crippen LogP contribution < -0.4 is 0 Å². The van der Waals surface area contributed by atoms with E-state index in [4.69, 9.17) is 0 Å². The quantitative estimate of drug-likeness (QED) is 0.530. The van der Waals surface area contributed by atoms with Crippen LogP contribution in [-0.4, -0.2) is 0 Å². The van der Waals surface area contributed by atoms with Crippen LogP contribution in [0.15, 0.2) is 36.4 Å². The molecule has 0 nitrogen and oxygen atoms in total. The van der Waals surface area contributed by atoms with Gasteiger partial charge in [0.15, 0.2) is 0 Å². The van der Waals surface area contributed by atoms with Gasteiger partial charge in [-0.1, -0.05) is 105 Å². The number of benzene rings is 2. The van der Waals surface area contributed by atoms with Crippen LogP contribution in [0.1, 0.15) is 90.5 Å². The van der Waals surface area contributed by atoms with Gasteiger partial charge in [0, 0.05) is 5.41 Å². The number of rotatable bonds is 4. The molecule has 0 saturated carbocycles. The minimum atomic E-state index is 0.137. The van der Waals surface area contributed by atoms with Crippen LogP contribution in [0.3, 0.4) is 0 Å². The molecule has 0 aliphatic heterocycles. The van der Waals surface area contributed by atoms with Crippen molar-refractivity contribution in [1.82, 2.24) is 0 Å². The summed E-state index contributed by atoms with van der Waals surface area (Å²) in [5.74, 6) is 0. The molecule has 0 heterocycles. The summed E-state index contributed by atoms with van der Waals surface area (Å²) in [6.07, 6.45) is 4.79. The van der Waals surface area contributed by atoms with Crippen LogP contribution in [0.25, 0.3) is 11.1 Å². The molecule has 1 aliphatic carbocycles. The van der Waals surface area contributed by atoms with Gasteiger partial charge in [0.2, 0.25) is 0 Å². The second kappa shape index (κ2) is 9.80. The fraction of sp³-hybridized carbons (Fsp3) is 0.520. The van der Waals surface area contributed by atoms with E-state index >= 15 is 0 Å². The van der Waals surface area contributed by atoms with Crippen LogP contribution in [0.2, 0.25) is 0 Å². The van der Waals surface area contributed by atoms with Crippen LogP contribution in [0, 0.1) is 0 Å². The molecule has 0 saturated heterocycles. The lowest BCUT2D eigenvalue weighted by atomic mass is 9.81. The molecule has 0 atom stereocenters. The first kappa shape index (κ1) is 21.5. The topological polar surface area (TPSA) is 0 Å². The van der Waals surface area contributed by atoms with Gasteiger partial charge in [-0.05, 0) is 46.2 Å². The highest BCUT2D eigenvalue weighted by molar-refractivity contribution is 5.81. The molecule has 0 fully saturated rings. The van der Waals surface area contributed by atoms with Crippen LogP contribution in [0.5, 0.6) is 0 Å². The van der Waals surface area contributed by atoms with Gasteiger partial charge in [0.25, 0.3) is 0 Å². The van der Waals surface area contributed by atoms with E-state index in [-0.39, 0.29) is 5.41 Å². The standard InChI is InChI=1S/C21H26.2C2H6/c1-5-7-15-9-11-17-18-12-10-16(8-6-2)14-20(18)21(3,4)19(17)13-15;2*1-2/h9-14H,5-8H2,1-4H3;2*1-2H3. The fourth-order valence-electron chi connectivity index (χ4n) is 3.72. The minimum absolute atomic E-state index is 0.137. The summed E-state index contributed by atoms with van der Waals surface area (Å²) in [6, 6.07) is 14.2. The highest BCUT2D eigenvalue weighted by Gasteiger charge is 2.35. The number of fused-ring (bicyclic) bond motifs is 3. The van der Waals surface area contributed by atoms with E-state index in [0.717, 1.165) is 0 Å². The predicted octanol–water partition coefficient (Wildman–Crippen LogP) is 7.95. The third-order valence-corrected chi connectivity index (χ3v) is 4.88. The molecule has 0 amide bonds. The molecule has 138 valence electrons. The van der Waals surface area contributed by atoms with Crippen molar-refractivity contribution in [3.63, 3.8) is 0 Å². The molecule has 0 aromatic heterocycles. The van der Waals surface area contributed by atoms with Crippen molar-refractivity contribution < 1.29 is 0 Å². The average Bonchev–Trinajstić information content (AvgIpc) is 2.86. The molecular weight excluding hydrogens is 300 g/mol. The van der Waals surface area contributed by atoms with Gasteiger partial charge in [-0.3, -0.25) is 0 Å². The first-order valence-corrected chi connectivity index (χ1v) is 10.3. The van der Waals surface area contributed by atoms with Gasteiger partial charge >= 0.3 is 0 Å². The van der Waals surface area contributed by atoms with E-state index in [1.807, 2.05) is 27.7 Å². The third-order valence-electron chi connectivity index (χ3n) is 4.88. The smallest absolute Gasteiger partial charge is 0.0159 e. The van der Waals surface area contributed by atoms with Crippen molar-refractivity contribution in [3.05, 3.63) is 58.7 Å². The summed E-state index contributed by atoms with van der Waals surface area (Å²) < 4.78 is 0. The summed E-state index contributed by atoms with van der Waals surface area (Å²) in [7, 11) is 0. The largest absolute Gasteiger partial charge is 0.0683 e. The minimum Gasteiger partial charge on any atom is -0.0683 e. The van der Waals surface area contributed by atoms with E-state index in [9.17, 15) is 0 Å². The molecule has 0 spiro atoms. The number of hydrogen-bond donors (Lipinski definition) is 0. The van der Waals surface area contributed by atoms with E-state index in [0.29, 0.717) is 0 Å². The predicted molar refractivity (Wildman–Crippen MR) is 115 cm³/mol. The summed E-state index contributed by atoms with van der Waals surface area (Å²) >= 11 is 0. The second-order valence-corrected chi connectivity index (χ2v) is 6.88. The van der Waals surface area contributed by atoms with Gasteiger partial charge in [0.1, 0.15) is 0 Å². The zero-order valence-electron chi connectivity index (χ0n) is 17.8. The van der Waals surface area contributed by atoms with Gasteiger partial charge in [-0.25, -0.2) is 0 Å². The fourth-order valence-corrected chi connectivity index (χ4v) is 3.72. The highest BCUT2D eigenvalue weighted by Crippen LogP contribution is 2.49. The molecule has 0 radical (unpaired) electrons. The van der Waals surface area contributed by atoms with Gasteiger partial charge < -0.3 is 0 Å². The molecular formula is C25H38. The van der Waals surface area contributed by atoms with Crippen molar-refractivity contribution in [2.24, 2.45) is 0 Å². The van der Waals surface area contributed by atoms with E-state index in [1.165, 1.54) is 59.1 Å². The lowest BCUT2D eigenvalue weighted by molar-refractivity contribution is 0.657. The Morgan fingerprint density at radius 1 is 0.640 bits per heavy atom. The molecule has 25 heavy (non-hydrogen) atoms. The first-order chi connectivity index (χ1) is 12.1. The van der Waals surface area contributed by atoms with E-state index in [2.05, 4.69) is 64.1 Å². The summed E-state index contributed by atoms with van der Waals surface area (Å²) in [6.45, 7) is 17.3. The Hall–Kier alpha value is -1.56. The zero-order chi connectivity index (χ0) is 19.0. The molecule has 0 bridgehead atoms. The van der Waals surface area contributed by atoms with Crippen molar-refractivity contribution in [2.45, 2.75) is 86.5 Å². The number of hydrogen-bond acceptors (Lipinski definition) is 0. The van der Waals surface area contributed by atoms with Gasteiger partial charge in [0.05, 0.1) is 0 Å². The van der Waals surface area contributed by atoms with Crippen LogP contribution in [-0.2, 0) is 18.3 Å². The monoisotopic (exact) mass is 338 g/mol. The van der Waals surface area contributed by atoms with E-state index in [1.54, 1.807) is 0 Å². The molecule has 1 aliphatic rings. The van der Waals surface area contributed by atoms with Crippen molar-refractivity contribution >= 4 is 0 Å². The van der Waals surface area contributed by atoms with Crippen LogP contribution in [0.4, 0.5) is 0 Å². The van der Waals surface area contributed by atoms with Gasteiger partial charge in [-0.2, -0.15) is 0 Å². The Morgan fingerprint density at radius 2 is 1.00 bits per heavy atom. The van der Waals surface area contributed by atoms with Crippen molar-refractivity contribution in [2.75, 3.05) is 0 Å². The lowest BCUT2D eigenvalue weighted by Crippen LogP contribution is -2.15. The summed E-state index contributed by atoms with van der Waals surface area (Å²) in [4.78, 5) is 0. The van der Waals surface area contributed by atoms with Crippen molar-refractivity contribution in [1.29, 1.82) is 0 Å². The highest BCUT2D eigenvalue weighted by atomic mass is 14.4. The Bertz CT molecular complexity index is 604. The molecule has 0 unspecified atom stereocenters. The maximum absolute atomic E-state index is 2.44. The maximum atomic E-state index is 2.44. The second-order valence-electron chi connectivity index (χ2n) is 6.88. The molecule has 0 N–H and O–H groups in total. The Kier molecular flexibility index (Phi) is 8.42. The zero-order valence-corrected chi connectivity index (χ0v) is 17.8. The first-order valence-electron chi connectivity index (χ1n) is 10.3. The van der Waals surface area contributed by atoms with Crippen LogP contribution >= 0.6 is 0 Å². The SMILES string of the molecule is CC.CC.CCCc1ccc2c(c1)C(C)(C)c1cc(CCC)ccc1-2. The molecule has 2 aromatic rings. The van der Waals surface area contributed by atoms with E-state index < -0.39 is 0 Å². The molecule has 0 heteroatoms.